The average molecular weight is 443 g/mol. The van der Waals surface area contributed by atoms with Gasteiger partial charge in [0.1, 0.15) is 30.1 Å². The molecule has 3 N–H and O–H groups in total. The molecule has 2 atom stereocenters. The van der Waals surface area contributed by atoms with E-state index < -0.39 is 12.1 Å². The van der Waals surface area contributed by atoms with Gasteiger partial charge in [-0.15, -0.1) is 5.10 Å². The van der Waals surface area contributed by atoms with Gasteiger partial charge in [-0.2, -0.15) is 0 Å². The monoisotopic (exact) mass is 442 g/mol. The van der Waals surface area contributed by atoms with E-state index >= 15 is 0 Å². The van der Waals surface area contributed by atoms with Gasteiger partial charge < -0.3 is 20.7 Å². The zero-order valence-corrected chi connectivity index (χ0v) is 18.5. The van der Waals surface area contributed by atoms with E-state index in [2.05, 4.69) is 26.3 Å². The predicted octanol–water partition coefficient (Wildman–Crippen LogP) is 0.709. The third-order valence-corrected chi connectivity index (χ3v) is 5.16. The largest absolute Gasteiger partial charge is 0.492 e. The number of amides is 3. The summed E-state index contributed by atoms with van der Waals surface area (Å²) in [6.45, 7) is 4.71. The van der Waals surface area contributed by atoms with Crippen molar-refractivity contribution >= 4 is 17.7 Å². The van der Waals surface area contributed by atoms with Crippen LogP contribution in [0, 0.1) is 0 Å². The highest BCUT2D eigenvalue weighted by atomic mass is 16.5. The van der Waals surface area contributed by atoms with E-state index in [9.17, 15) is 14.4 Å². The Hall–Kier alpha value is -3.43. The molecule has 2 aliphatic heterocycles. The second-order valence-electron chi connectivity index (χ2n) is 7.85. The number of nitrogens with one attached hydrogen (secondary N) is 3. The number of hydrogen-bond donors (Lipinski definition) is 3. The van der Waals surface area contributed by atoms with Crippen molar-refractivity contribution in [1.82, 2.24) is 30.9 Å². The fourth-order valence-electron chi connectivity index (χ4n) is 3.31. The number of aromatic nitrogens is 3. The van der Waals surface area contributed by atoms with E-state index in [-0.39, 0.29) is 30.7 Å². The van der Waals surface area contributed by atoms with Crippen molar-refractivity contribution in [2.45, 2.75) is 64.7 Å². The SMILES string of the molecule is CCCC[C@@H]1NC(=O)Cc2ccc(cc2)OCCn2cc(nn2)CNC(=O)[C@@H](C)NC1=O. The minimum absolute atomic E-state index is 0.147. The van der Waals surface area contributed by atoms with Gasteiger partial charge in [0, 0.05) is 0 Å². The van der Waals surface area contributed by atoms with Crippen LogP contribution in [-0.2, 0) is 33.9 Å². The number of ether oxygens (including phenoxy) is 1. The molecule has 0 saturated carbocycles. The zero-order valence-electron chi connectivity index (χ0n) is 18.5. The van der Waals surface area contributed by atoms with E-state index in [1.807, 2.05) is 31.2 Å². The molecule has 32 heavy (non-hydrogen) atoms. The minimum Gasteiger partial charge on any atom is -0.492 e. The Labute approximate surface area is 187 Å². The van der Waals surface area contributed by atoms with Crippen molar-refractivity contribution in [2.75, 3.05) is 6.61 Å². The number of fused-ring (bicyclic) bond motifs is 13. The number of carbonyl (C=O) groups is 3. The number of benzene rings is 1. The molecular formula is C22H30N6O4. The lowest BCUT2D eigenvalue weighted by molar-refractivity contribution is -0.131. The van der Waals surface area contributed by atoms with Gasteiger partial charge in [0.15, 0.2) is 0 Å². The van der Waals surface area contributed by atoms with E-state index in [1.165, 1.54) is 0 Å². The predicted molar refractivity (Wildman–Crippen MR) is 117 cm³/mol. The maximum absolute atomic E-state index is 12.8. The van der Waals surface area contributed by atoms with Gasteiger partial charge in [-0.1, -0.05) is 37.1 Å². The molecule has 10 nitrogen and oxygen atoms in total. The highest BCUT2D eigenvalue weighted by Crippen LogP contribution is 2.13. The van der Waals surface area contributed by atoms with Crippen molar-refractivity contribution in [3.05, 3.63) is 41.7 Å². The molecule has 3 heterocycles. The molecule has 1 aromatic carbocycles. The van der Waals surface area contributed by atoms with Gasteiger partial charge in [0.05, 0.1) is 25.7 Å². The lowest BCUT2D eigenvalue weighted by atomic mass is 10.1. The Bertz CT molecular complexity index is 927. The molecule has 10 heteroatoms. The van der Waals surface area contributed by atoms with E-state index in [0.717, 1.165) is 18.4 Å². The topological polar surface area (TPSA) is 127 Å². The summed E-state index contributed by atoms with van der Waals surface area (Å²) in [5.74, 6) is -0.282. The first kappa shape index (κ1) is 23.2. The highest BCUT2D eigenvalue weighted by molar-refractivity contribution is 5.92. The van der Waals surface area contributed by atoms with Crippen molar-refractivity contribution in [2.24, 2.45) is 0 Å². The molecule has 4 rings (SSSR count). The van der Waals surface area contributed by atoms with Gasteiger partial charge in [-0.25, -0.2) is 4.68 Å². The molecule has 0 radical (unpaired) electrons. The summed E-state index contributed by atoms with van der Waals surface area (Å²) in [6.07, 6.45) is 4.05. The van der Waals surface area contributed by atoms with Crippen LogP contribution in [0.5, 0.6) is 5.75 Å². The van der Waals surface area contributed by atoms with Crippen LogP contribution in [0.2, 0.25) is 0 Å². The number of rotatable bonds is 3. The van der Waals surface area contributed by atoms with Gasteiger partial charge in [-0.3, -0.25) is 14.4 Å². The zero-order chi connectivity index (χ0) is 22.9. The Balaban J connectivity index is 1.76. The van der Waals surface area contributed by atoms with E-state index in [0.29, 0.717) is 31.0 Å². The van der Waals surface area contributed by atoms with Gasteiger partial charge in [0.2, 0.25) is 17.7 Å². The van der Waals surface area contributed by atoms with Crippen molar-refractivity contribution < 1.29 is 19.1 Å². The second kappa shape index (κ2) is 11.3. The maximum Gasteiger partial charge on any atom is 0.243 e. The molecule has 1 aromatic heterocycles. The summed E-state index contributed by atoms with van der Waals surface area (Å²) < 4.78 is 7.37. The minimum atomic E-state index is -0.759. The average Bonchev–Trinajstić information content (AvgIpc) is 3.23. The molecule has 4 bridgehead atoms. The maximum atomic E-state index is 12.8. The number of unbranched alkanes of at least 4 members (excludes halogenated alkanes) is 1. The molecule has 3 amide bonds. The first-order valence-electron chi connectivity index (χ1n) is 10.9. The smallest absolute Gasteiger partial charge is 0.243 e. The first-order chi connectivity index (χ1) is 15.4. The normalized spacial score (nSPS) is 20.6. The number of carbonyl (C=O) groups excluding carboxylic acids is 3. The van der Waals surface area contributed by atoms with Crippen LogP contribution in [-0.4, -0.2) is 51.4 Å². The molecule has 172 valence electrons. The molecule has 0 unspecified atom stereocenters. The lowest BCUT2D eigenvalue weighted by Gasteiger charge is -2.21. The quantitative estimate of drug-likeness (QED) is 0.601. The van der Waals surface area contributed by atoms with Crippen molar-refractivity contribution in [3.8, 4) is 5.75 Å². The van der Waals surface area contributed by atoms with Gasteiger partial charge >= 0.3 is 0 Å². The summed E-state index contributed by atoms with van der Waals surface area (Å²) in [6, 6.07) is 5.82. The van der Waals surface area contributed by atoms with Crippen LogP contribution in [0.25, 0.3) is 0 Å². The molecule has 0 aliphatic carbocycles. The van der Waals surface area contributed by atoms with Crippen LogP contribution in [0.15, 0.2) is 30.5 Å². The summed E-state index contributed by atoms with van der Waals surface area (Å²) in [5.41, 5.74) is 1.41. The molecule has 0 fully saturated rings. The van der Waals surface area contributed by atoms with E-state index in [1.54, 1.807) is 17.8 Å². The Morgan fingerprint density at radius 2 is 1.91 bits per heavy atom. The second-order valence-corrected chi connectivity index (χ2v) is 7.85. The van der Waals surface area contributed by atoms with Crippen molar-refractivity contribution in [1.29, 1.82) is 0 Å². The van der Waals surface area contributed by atoms with Gasteiger partial charge in [-0.05, 0) is 31.0 Å². The molecule has 2 aromatic rings. The third-order valence-electron chi connectivity index (χ3n) is 5.16. The van der Waals surface area contributed by atoms with Crippen LogP contribution >= 0.6 is 0 Å². The molecular weight excluding hydrogens is 412 g/mol. The summed E-state index contributed by atoms with van der Waals surface area (Å²) in [5, 5.41) is 16.3. The van der Waals surface area contributed by atoms with Crippen LogP contribution in [0.3, 0.4) is 0 Å². The fourth-order valence-corrected chi connectivity index (χ4v) is 3.31. The Morgan fingerprint density at radius 1 is 1.12 bits per heavy atom. The standard InChI is InChI=1S/C22H30N6O4/c1-3-4-5-19-22(31)24-15(2)21(30)23-13-17-14-28(27-26-17)10-11-32-18-8-6-16(7-9-18)12-20(29)25-19/h6-9,14-15,19H,3-5,10-13H2,1-2H3,(H,23,30)(H,24,31)(H,25,29)/t15-,19+/m1/s1. The third kappa shape index (κ3) is 6.79. The number of hydrogen-bond acceptors (Lipinski definition) is 6. The van der Waals surface area contributed by atoms with Gasteiger partial charge in [0.25, 0.3) is 0 Å². The fraction of sp³-hybridized carbons (Fsp3) is 0.500. The van der Waals surface area contributed by atoms with Crippen LogP contribution in [0.1, 0.15) is 44.4 Å². The van der Waals surface area contributed by atoms with Crippen LogP contribution < -0.4 is 20.7 Å². The molecule has 0 saturated heterocycles. The summed E-state index contributed by atoms with van der Waals surface area (Å²) in [4.78, 5) is 37.7. The molecule has 2 aliphatic rings. The molecule has 0 spiro atoms. The Kier molecular flexibility index (Phi) is 8.18. The summed E-state index contributed by atoms with van der Waals surface area (Å²) >= 11 is 0. The Morgan fingerprint density at radius 3 is 2.66 bits per heavy atom. The highest BCUT2D eigenvalue weighted by Gasteiger charge is 2.24. The van der Waals surface area contributed by atoms with Crippen molar-refractivity contribution in [3.63, 3.8) is 0 Å². The first-order valence-corrected chi connectivity index (χ1v) is 10.9. The van der Waals surface area contributed by atoms with Crippen LogP contribution in [0.4, 0.5) is 0 Å². The summed E-state index contributed by atoms with van der Waals surface area (Å²) in [7, 11) is 0. The van der Waals surface area contributed by atoms with E-state index in [4.69, 9.17) is 4.74 Å². The number of nitrogens with zero attached hydrogens (tertiary/aromatic N) is 3. The lowest BCUT2D eigenvalue weighted by Crippen LogP contribution is -2.52.